The quantitative estimate of drug-likeness (QED) is 0.762. The number of thioether (sulfide) groups is 1. The van der Waals surface area contributed by atoms with Crippen LogP contribution in [0.15, 0.2) is 0 Å². The average molecular weight is 244 g/mol. The zero-order chi connectivity index (χ0) is 12.1. The molecule has 0 aliphatic carbocycles. The molecule has 1 amide bonds. The Balaban J connectivity index is 3.60. The summed E-state index contributed by atoms with van der Waals surface area (Å²) in [6.07, 6.45) is -4.35. The maximum atomic E-state index is 11.7. The summed E-state index contributed by atoms with van der Waals surface area (Å²) >= 11 is 1.21. The Kier molecular flexibility index (Phi) is 5.44. The average Bonchev–Trinajstić information content (AvgIpc) is 1.97. The fourth-order valence-electron chi connectivity index (χ4n) is 0.657. The number of hydrogen-bond acceptors (Lipinski definition) is 3. The van der Waals surface area contributed by atoms with E-state index < -0.39 is 24.2 Å². The zero-order valence-corrected chi connectivity index (χ0v) is 9.47. The highest BCUT2D eigenvalue weighted by atomic mass is 32.2. The van der Waals surface area contributed by atoms with Gasteiger partial charge in [0, 0.05) is 11.3 Å². The summed E-state index contributed by atoms with van der Waals surface area (Å²) in [4.78, 5) is 10.9. The second kappa shape index (κ2) is 5.60. The molecule has 0 heterocycles. The number of carbonyl (C=O) groups is 1. The molecule has 0 aromatic carbocycles. The van der Waals surface area contributed by atoms with Gasteiger partial charge in [-0.05, 0) is 13.8 Å². The molecular weight excluding hydrogens is 229 g/mol. The first-order valence-corrected chi connectivity index (χ1v) is 5.46. The van der Waals surface area contributed by atoms with E-state index in [2.05, 4.69) is 0 Å². The predicted octanol–water partition coefficient (Wildman–Crippen LogP) is 1.14. The topological polar surface area (TPSA) is 55.1 Å². The summed E-state index contributed by atoms with van der Waals surface area (Å²) in [5, 5.41) is 1.78. The molecule has 0 aromatic rings. The molecule has 0 saturated carbocycles. The third-order valence-electron chi connectivity index (χ3n) is 1.19. The first-order chi connectivity index (χ1) is 6.60. The highest BCUT2D eigenvalue weighted by molar-refractivity contribution is 8.00. The van der Waals surface area contributed by atoms with Crippen LogP contribution in [-0.4, -0.2) is 35.7 Å². The molecule has 0 radical (unpaired) electrons. The lowest BCUT2D eigenvalue weighted by Gasteiger charge is -2.17. The Morgan fingerprint density at radius 2 is 1.93 bits per heavy atom. The zero-order valence-electron chi connectivity index (χ0n) is 8.65. The minimum absolute atomic E-state index is 0.00326. The number of halogens is 3. The summed E-state index contributed by atoms with van der Waals surface area (Å²) < 4.78 is 35.1. The fraction of sp³-hybridized carbons (Fsp3) is 0.875. The minimum atomic E-state index is -4.35. The highest BCUT2D eigenvalue weighted by Crippen LogP contribution is 2.13. The molecule has 0 fully saturated rings. The Morgan fingerprint density at radius 1 is 1.40 bits per heavy atom. The normalized spacial score (nSPS) is 12.7. The summed E-state index contributed by atoms with van der Waals surface area (Å²) in [6.45, 7) is 2.29. The number of carbonyl (C=O) groups excluding carboxylic acids is 1. The Labute approximate surface area is 91.0 Å². The third-order valence-corrected chi connectivity index (χ3v) is 2.61. The Bertz CT molecular complexity index is 213. The van der Waals surface area contributed by atoms with Crippen LogP contribution < -0.4 is 11.1 Å². The van der Waals surface area contributed by atoms with Gasteiger partial charge >= 0.3 is 6.18 Å². The second-order valence-corrected chi connectivity index (χ2v) is 4.86. The van der Waals surface area contributed by atoms with Crippen LogP contribution in [0.25, 0.3) is 0 Å². The predicted molar refractivity (Wildman–Crippen MR) is 54.7 cm³/mol. The monoisotopic (exact) mass is 244 g/mol. The first kappa shape index (κ1) is 14.6. The van der Waals surface area contributed by atoms with Gasteiger partial charge in [-0.1, -0.05) is 0 Å². The van der Waals surface area contributed by atoms with E-state index in [1.165, 1.54) is 11.8 Å². The van der Waals surface area contributed by atoms with Crippen molar-refractivity contribution >= 4 is 17.7 Å². The molecule has 0 bridgehead atoms. The van der Waals surface area contributed by atoms with E-state index in [-0.39, 0.29) is 5.75 Å². The number of alkyl halides is 3. The molecule has 0 unspecified atom stereocenters. The van der Waals surface area contributed by atoms with Gasteiger partial charge in [-0.2, -0.15) is 24.9 Å². The van der Waals surface area contributed by atoms with Crippen molar-refractivity contribution in [3.05, 3.63) is 0 Å². The molecule has 0 saturated heterocycles. The number of rotatable bonds is 5. The molecule has 7 heteroatoms. The molecule has 0 aliphatic rings. The molecular formula is C8H15F3N2OS. The standard InChI is InChI=1S/C8H15F3N2OS/c1-7(2,12)5-15-3-6(14)13-4-8(9,10)11/h3-5,12H2,1-2H3,(H,13,14). The summed E-state index contributed by atoms with van der Waals surface area (Å²) in [7, 11) is 0. The smallest absolute Gasteiger partial charge is 0.346 e. The van der Waals surface area contributed by atoms with Crippen molar-refractivity contribution < 1.29 is 18.0 Å². The van der Waals surface area contributed by atoms with Crippen molar-refractivity contribution in [3.63, 3.8) is 0 Å². The van der Waals surface area contributed by atoms with Crippen LogP contribution >= 0.6 is 11.8 Å². The minimum Gasteiger partial charge on any atom is -0.346 e. The lowest BCUT2D eigenvalue weighted by molar-refractivity contribution is -0.136. The number of amides is 1. The largest absolute Gasteiger partial charge is 0.405 e. The van der Waals surface area contributed by atoms with E-state index in [0.29, 0.717) is 5.75 Å². The molecule has 0 atom stereocenters. The maximum absolute atomic E-state index is 11.7. The van der Waals surface area contributed by atoms with Crippen molar-refractivity contribution in [2.24, 2.45) is 5.73 Å². The van der Waals surface area contributed by atoms with Crippen LogP contribution in [0.1, 0.15) is 13.8 Å². The van der Waals surface area contributed by atoms with Crippen LogP contribution in [0.4, 0.5) is 13.2 Å². The third kappa shape index (κ3) is 11.5. The fourth-order valence-corrected chi connectivity index (χ4v) is 1.57. The van der Waals surface area contributed by atoms with Gasteiger partial charge in [0.25, 0.3) is 0 Å². The van der Waals surface area contributed by atoms with Crippen LogP contribution in [0.3, 0.4) is 0 Å². The van der Waals surface area contributed by atoms with Crippen LogP contribution in [-0.2, 0) is 4.79 Å². The SMILES string of the molecule is CC(C)(N)CSCC(=O)NCC(F)(F)F. The van der Waals surface area contributed by atoms with Gasteiger partial charge in [0.15, 0.2) is 0 Å². The lowest BCUT2D eigenvalue weighted by atomic mass is 10.1. The summed E-state index contributed by atoms with van der Waals surface area (Å²) in [6, 6.07) is 0. The Morgan fingerprint density at radius 3 is 2.33 bits per heavy atom. The van der Waals surface area contributed by atoms with E-state index >= 15 is 0 Å². The number of nitrogens with one attached hydrogen (secondary N) is 1. The van der Waals surface area contributed by atoms with Gasteiger partial charge in [0.2, 0.25) is 5.91 Å². The molecule has 0 aliphatic heterocycles. The van der Waals surface area contributed by atoms with Crippen molar-refractivity contribution in [1.29, 1.82) is 0 Å². The number of nitrogens with two attached hydrogens (primary N) is 1. The van der Waals surface area contributed by atoms with Gasteiger partial charge in [0.05, 0.1) is 5.75 Å². The van der Waals surface area contributed by atoms with Gasteiger partial charge in [-0.3, -0.25) is 4.79 Å². The van der Waals surface area contributed by atoms with Crippen molar-refractivity contribution in [3.8, 4) is 0 Å². The number of hydrogen-bond donors (Lipinski definition) is 2. The summed E-state index contributed by atoms with van der Waals surface area (Å²) in [5.74, 6) is -0.107. The van der Waals surface area contributed by atoms with Crippen LogP contribution in [0, 0.1) is 0 Å². The Hall–Kier alpha value is -0.430. The van der Waals surface area contributed by atoms with Gasteiger partial charge < -0.3 is 11.1 Å². The molecule has 15 heavy (non-hydrogen) atoms. The molecule has 0 rings (SSSR count). The second-order valence-electron chi connectivity index (χ2n) is 3.87. The van der Waals surface area contributed by atoms with Gasteiger partial charge in [0.1, 0.15) is 6.54 Å². The van der Waals surface area contributed by atoms with Crippen LogP contribution in [0.5, 0.6) is 0 Å². The van der Waals surface area contributed by atoms with E-state index in [1.54, 1.807) is 19.2 Å². The maximum Gasteiger partial charge on any atom is 0.405 e. The molecule has 3 nitrogen and oxygen atoms in total. The molecule has 90 valence electrons. The molecule has 0 aromatic heterocycles. The first-order valence-electron chi connectivity index (χ1n) is 4.30. The van der Waals surface area contributed by atoms with Gasteiger partial charge in [-0.15, -0.1) is 0 Å². The van der Waals surface area contributed by atoms with Crippen LogP contribution in [0.2, 0.25) is 0 Å². The summed E-state index contributed by atoms with van der Waals surface area (Å²) in [5.41, 5.74) is 5.21. The van der Waals surface area contributed by atoms with Crippen molar-refractivity contribution in [2.75, 3.05) is 18.1 Å². The molecule has 3 N–H and O–H groups in total. The van der Waals surface area contributed by atoms with Crippen molar-refractivity contribution in [2.45, 2.75) is 25.6 Å². The van der Waals surface area contributed by atoms with E-state index in [9.17, 15) is 18.0 Å². The van der Waals surface area contributed by atoms with Gasteiger partial charge in [-0.25, -0.2) is 0 Å². The van der Waals surface area contributed by atoms with Crippen molar-refractivity contribution in [1.82, 2.24) is 5.32 Å². The van der Waals surface area contributed by atoms with E-state index in [4.69, 9.17) is 5.73 Å². The van der Waals surface area contributed by atoms with E-state index in [0.717, 1.165) is 0 Å². The highest BCUT2D eigenvalue weighted by Gasteiger charge is 2.27. The lowest BCUT2D eigenvalue weighted by Crippen LogP contribution is -2.37. The van der Waals surface area contributed by atoms with E-state index in [1.807, 2.05) is 0 Å². The molecule has 0 spiro atoms.